The SMILES string of the molecule is CCC1CN(C(C)CCSC)C(C(C)C)CN1. The van der Waals surface area contributed by atoms with Gasteiger partial charge in [-0.3, -0.25) is 4.90 Å². The number of hydrogen-bond donors (Lipinski definition) is 1. The molecule has 1 fully saturated rings. The Kier molecular flexibility index (Phi) is 6.90. The second-order valence-electron chi connectivity index (χ2n) is 5.65. The third-order valence-corrected chi connectivity index (χ3v) is 4.69. The maximum Gasteiger partial charge on any atom is 0.0247 e. The van der Waals surface area contributed by atoms with Crippen LogP contribution < -0.4 is 5.32 Å². The first-order valence-corrected chi connectivity index (χ1v) is 8.47. The van der Waals surface area contributed by atoms with E-state index in [1.807, 2.05) is 11.8 Å². The number of thioether (sulfide) groups is 1. The molecule has 1 N–H and O–H groups in total. The molecule has 1 saturated heterocycles. The van der Waals surface area contributed by atoms with Gasteiger partial charge in [0, 0.05) is 31.2 Å². The summed E-state index contributed by atoms with van der Waals surface area (Å²) in [6.07, 6.45) is 4.77. The summed E-state index contributed by atoms with van der Waals surface area (Å²) in [5.74, 6) is 2.03. The lowest BCUT2D eigenvalue weighted by Gasteiger charge is -2.45. The number of nitrogens with zero attached hydrogens (tertiary/aromatic N) is 1. The first-order valence-electron chi connectivity index (χ1n) is 7.08. The summed E-state index contributed by atoms with van der Waals surface area (Å²) in [6.45, 7) is 11.8. The number of rotatable bonds is 6. The van der Waals surface area contributed by atoms with Crippen LogP contribution in [0.15, 0.2) is 0 Å². The van der Waals surface area contributed by atoms with Gasteiger partial charge in [-0.1, -0.05) is 20.8 Å². The quantitative estimate of drug-likeness (QED) is 0.789. The van der Waals surface area contributed by atoms with Crippen LogP contribution in [-0.4, -0.2) is 48.1 Å². The molecule has 0 radical (unpaired) electrons. The Hall–Kier alpha value is 0.270. The zero-order valence-electron chi connectivity index (χ0n) is 12.2. The predicted molar refractivity (Wildman–Crippen MR) is 79.9 cm³/mol. The fourth-order valence-corrected chi connectivity index (χ4v) is 3.29. The van der Waals surface area contributed by atoms with Crippen LogP contribution in [0.25, 0.3) is 0 Å². The van der Waals surface area contributed by atoms with Gasteiger partial charge in [-0.05, 0) is 37.7 Å². The highest BCUT2D eigenvalue weighted by Crippen LogP contribution is 2.21. The van der Waals surface area contributed by atoms with Gasteiger partial charge >= 0.3 is 0 Å². The Morgan fingerprint density at radius 2 is 2.06 bits per heavy atom. The van der Waals surface area contributed by atoms with Crippen molar-refractivity contribution in [3.63, 3.8) is 0 Å². The smallest absolute Gasteiger partial charge is 0.0247 e. The monoisotopic (exact) mass is 258 g/mol. The number of piperazine rings is 1. The van der Waals surface area contributed by atoms with Crippen molar-refractivity contribution < 1.29 is 0 Å². The van der Waals surface area contributed by atoms with Gasteiger partial charge in [0.05, 0.1) is 0 Å². The molecule has 17 heavy (non-hydrogen) atoms. The van der Waals surface area contributed by atoms with Crippen LogP contribution in [0.2, 0.25) is 0 Å². The average molecular weight is 258 g/mol. The van der Waals surface area contributed by atoms with Gasteiger partial charge in [0.25, 0.3) is 0 Å². The van der Waals surface area contributed by atoms with Gasteiger partial charge in [-0.25, -0.2) is 0 Å². The standard InChI is InChI=1S/C14H30N2S/c1-6-13-10-16(12(4)7-8-17-5)14(9-15-13)11(2)3/h11-15H,6-10H2,1-5H3. The molecule has 1 aliphatic heterocycles. The molecule has 3 atom stereocenters. The summed E-state index contributed by atoms with van der Waals surface area (Å²) in [5.41, 5.74) is 0. The Bertz CT molecular complexity index is 208. The maximum atomic E-state index is 3.69. The Balaban J connectivity index is 2.59. The van der Waals surface area contributed by atoms with Crippen LogP contribution in [0.3, 0.4) is 0 Å². The van der Waals surface area contributed by atoms with Crippen LogP contribution in [0.5, 0.6) is 0 Å². The minimum Gasteiger partial charge on any atom is -0.311 e. The normalized spacial score (nSPS) is 28.6. The van der Waals surface area contributed by atoms with Crippen LogP contribution in [-0.2, 0) is 0 Å². The second-order valence-corrected chi connectivity index (χ2v) is 6.64. The van der Waals surface area contributed by atoms with E-state index in [1.165, 1.54) is 31.7 Å². The van der Waals surface area contributed by atoms with Gasteiger partial charge in [-0.15, -0.1) is 0 Å². The molecule has 1 heterocycles. The molecule has 0 amide bonds. The summed E-state index contributed by atoms with van der Waals surface area (Å²) >= 11 is 1.97. The van der Waals surface area contributed by atoms with Crippen molar-refractivity contribution in [2.45, 2.75) is 58.7 Å². The van der Waals surface area contributed by atoms with Crippen molar-refractivity contribution in [2.24, 2.45) is 5.92 Å². The molecule has 0 bridgehead atoms. The van der Waals surface area contributed by atoms with Crippen molar-refractivity contribution in [1.29, 1.82) is 0 Å². The zero-order valence-corrected chi connectivity index (χ0v) is 13.0. The molecule has 0 spiro atoms. The van der Waals surface area contributed by atoms with E-state index in [4.69, 9.17) is 0 Å². The van der Waals surface area contributed by atoms with Crippen molar-refractivity contribution in [3.8, 4) is 0 Å². The minimum absolute atomic E-state index is 0.696. The largest absolute Gasteiger partial charge is 0.311 e. The predicted octanol–water partition coefficient (Wildman–Crippen LogP) is 2.84. The average Bonchev–Trinajstić information content (AvgIpc) is 2.34. The first-order chi connectivity index (χ1) is 8.10. The van der Waals surface area contributed by atoms with E-state index in [-0.39, 0.29) is 0 Å². The van der Waals surface area contributed by atoms with Gasteiger partial charge < -0.3 is 5.32 Å². The van der Waals surface area contributed by atoms with Crippen molar-refractivity contribution >= 4 is 11.8 Å². The molecule has 0 aromatic heterocycles. The summed E-state index contributed by atoms with van der Waals surface area (Å²) in [7, 11) is 0. The molecule has 1 rings (SSSR count). The molecule has 3 heteroatoms. The van der Waals surface area contributed by atoms with E-state index in [0.717, 1.165) is 18.0 Å². The highest BCUT2D eigenvalue weighted by atomic mass is 32.2. The third kappa shape index (κ3) is 4.46. The molecule has 102 valence electrons. The minimum atomic E-state index is 0.696. The van der Waals surface area contributed by atoms with Crippen LogP contribution in [0.1, 0.15) is 40.5 Å². The first kappa shape index (κ1) is 15.3. The van der Waals surface area contributed by atoms with E-state index < -0.39 is 0 Å². The molecule has 0 saturated carbocycles. The number of hydrogen-bond acceptors (Lipinski definition) is 3. The second kappa shape index (κ2) is 7.65. The lowest BCUT2D eigenvalue weighted by molar-refractivity contribution is 0.0603. The number of nitrogens with one attached hydrogen (secondary N) is 1. The Labute approximate surface area is 112 Å². The molecule has 2 nitrogen and oxygen atoms in total. The molecule has 0 aliphatic carbocycles. The van der Waals surface area contributed by atoms with E-state index in [2.05, 4.69) is 44.2 Å². The molecular weight excluding hydrogens is 228 g/mol. The van der Waals surface area contributed by atoms with E-state index in [0.29, 0.717) is 6.04 Å². The third-order valence-electron chi connectivity index (χ3n) is 4.04. The van der Waals surface area contributed by atoms with Gasteiger partial charge in [0.15, 0.2) is 0 Å². The highest BCUT2D eigenvalue weighted by Gasteiger charge is 2.31. The zero-order chi connectivity index (χ0) is 12.8. The lowest BCUT2D eigenvalue weighted by atomic mass is 9.95. The van der Waals surface area contributed by atoms with Crippen molar-refractivity contribution in [3.05, 3.63) is 0 Å². The highest BCUT2D eigenvalue weighted by molar-refractivity contribution is 7.98. The van der Waals surface area contributed by atoms with E-state index in [1.54, 1.807) is 0 Å². The molecule has 0 aromatic carbocycles. The molecule has 1 aliphatic rings. The van der Waals surface area contributed by atoms with Crippen LogP contribution in [0, 0.1) is 5.92 Å². The fraction of sp³-hybridized carbons (Fsp3) is 1.00. The van der Waals surface area contributed by atoms with Crippen LogP contribution >= 0.6 is 11.8 Å². The van der Waals surface area contributed by atoms with Crippen LogP contribution in [0.4, 0.5) is 0 Å². The van der Waals surface area contributed by atoms with Gasteiger partial charge in [0.2, 0.25) is 0 Å². The molecule has 3 unspecified atom stereocenters. The van der Waals surface area contributed by atoms with E-state index in [9.17, 15) is 0 Å². The maximum absolute atomic E-state index is 3.69. The summed E-state index contributed by atoms with van der Waals surface area (Å²) in [5, 5.41) is 3.69. The van der Waals surface area contributed by atoms with E-state index >= 15 is 0 Å². The molecule has 0 aromatic rings. The van der Waals surface area contributed by atoms with Gasteiger partial charge in [0.1, 0.15) is 0 Å². The summed E-state index contributed by atoms with van der Waals surface area (Å²) < 4.78 is 0. The molecular formula is C14H30N2S. The van der Waals surface area contributed by atoms with Crippen molar-refractivity contribution in [1.82, 2.24) is 10.2 Å². The topological polar surface area (TPSA) is 15.3 Å². The van der Waals surface area contributed by atoms with Crippen molar-refractivity contribution in [2.75, 3.05) is 25.1 Å². The summed E-state index contributed by atoms with van der Waals surface area (Å²) in [4.78, 5) is 2.76. The Morgan fingerprint density at radius 3 is 2.59 bits per heavy atom. The lowest BCUT2D eigenvalue weighted by Crippen LogP contribution is -2.60. The van der Waals surface area contributed by atoms with Gasteiger partial charge in [-0.2, -0.15) is 11.8 Å². The Morgan fingerprint density at radius 1 is 1.35 bits per heavy atom. The fourth-order valence-electron chi connectivity index (χ4n) is 2.71. The summed E-state index contributed by atoms with van der Waals surface area (Å²) in [6, 6.07) is 2.14.